The summed E-state index contributed by atoms with van der Waals surface area (Å²) in [5.41, 5.74) is 0.511. The molecule has 0 spiro atoms. The van der Waals surface area contributed by atoms with Gasteiger partial charge in [0, 0.05) is 24.1 Å². The molecule has 1 aliphatic heterocycles. The summed E-state index contributed by atoms with van der Waals surface area (Å²) < 4.78 is 40.1. The topological polar surface area (TPSA) is 88.0 Å². The SMILES string of the molecule is CC(C)[C@H]1C(C)NC(=O)N1c1ccnc(N[C@@H](C)c2cn(-c3ccc(C(F)(F)F)cc3)cn2)n1. The van der Waals surface area contributed by atoms with Crippen molar-refractivity contribution in [2.24, 2.45) is 5.92 Å². The van der Waals surface area contributed by atoms with Crippen molar-refractivity contribution in [1.29, 1.82) is 0 Å². The molecule has 1 saturated heterocycles. The minimum atomic E-state index is -4.38. The zero-order valence-electron chi connectivity index (χ0n) is 19.2. The molecule has 1 aromatic carbocycles. The van der Waals surface area contributed by atoms with Crippen LogP contribution >= 0.6 is 0 Å². The molecular formula is C23H26F3N7O. The second-order valence-corrected chi connectivity index (χ2v) is 8.70. The quantitative estimate of drug-likeness (QED) is 0.537. The van der Waals surface area contributed by atoms with Gasteiger partial charge >= 0.3 is 12.2 Å². The zero-order valence-corrected chi connectivity index (χ0v) is 19.2. The third kappa shape index (κ3) is 4.68. The van der Waals surface area contributed by atoms with Crippen molar-refractivity contribution in [2.45, 2.75) is 52.0 Å². The van der Waals surface area contributed by atoms with E-state index in [9.17, 15) is 18.0 Å². The van der Waals surface area contributed by atoms with Crippen molar-refractivity contribution in [1.82, 2.24) is 24.8 Å². The molecule has 11 heteroatoms. The first-order valence-electron chi connectivity index (χ1n) is 11.0. The number of anilines is 2. The molecular weight excluding hydrogens is 447 g/mol. The number of nitrogens with one attached hydrogen (secondary N) is 2. The number of imidazole rings is 1. The number of nitrogens with zero attached hydrogens (tertiary/aromatic N) is 5. The number of amides is 2. The van der Waals surface area contributed by atoms with Crippen LogP contribution in [0.25, 0.3) is 5.69 Å². The maximum atomic E-state index is 12.8. The highest BCUT2D eigenvalue weighted by molar-refractivity contribution is 5.94. The van der Waals surface area contributed by atoms with E-state index in [2.05, 4.69) is 39.4 Å². The van der Waals surface area contributed by atoms with Crippen LogP contribution in [0.4, 0.5) is 29.7 Å². The number of hydrogen-bond donors (Lipinski definition) is 2. The third-order valence-electron chi connectivity index (χ3n) is 5.84. The van der Waals surface area contributed by atoms with Crippen LogP contribution in [0.1, 0.15) is 45.0 Å². The molecule has 34 heavy (non-hydrogen) atoms. The van der Waals surface area contributed by atoms with E-state index in [1.807, 2.05) is 13.8 Å². The van der Waals surface area contributed by atoms with Gasteiger partial charge < -0.3 is 15.2 Å². The van der Waals surface area contributed by atoms with Gasteiger partial charge in [-0.2, -0.15) is 18.2 Å². The standard InChI is InChI=1S/C23H26F3N7O/c1-13(2)20-15(4)30-22(34)33(20)19-9-10-27-21(31-19)29-14(3)18-11-32(12-28-18)17-7-5-16(6-8-17)23(24,25)26/h5-15,20H,1-4H3,(H,30,34)(H,27,29,31)/t14-,15?,20-/m0/s1. The largest absolute Gasteiger partial charge is 0.416 e. The van der Waals surface area contributed by atoms with Crippen molar-refractivity contribution in [3.05, 3.63) is 60.3 Å². The number of hydrogen-bond acceptors (Lipinski definition) is 5. The van der Waals surface area contributed by atoms with E-state index in [4.69, 9.17) is 0 Å². The number of carbonyl (C=O) groups excluding carboxylic acids is 1. The normalized spacial score (nSPS) is 19.4. The number of aromatic nitrogens is 4. The summed E-state index contributed by atoms with van der Waals surface area (Å²) in [6.07, 6.45) is 0.478. The Morgan fingerprint density at radius 2 is 1.79 bits per heavy atom. The lowest BCUT2D eigenvalue weighted by Gasteiger charge is -2.27. The minimum absolute atomic E-state index is 0.00744. The Bertz CT molecular complexity index is 1160. The fourth-order valence-corrected chi connectivity index (χ4v) is 4.19. The summed E-state index contributed by atoms with van der Waals surface area (Å²) >= 11 is 0. The van der Waals surface area contributed by atoms with E-state index in [0.717, 1.165) is 12.1 Å². The van der Waals surface area contributed by atoms with Gasteiger partial charge in [-0.25, -0.2) is 14.8 Å². The van der Waals surface area contributed by atoms with Crippen LogP contribution in [0.15, 0.2) is 49.1 Å². The Balaban J connectivity index is 1.49. The summed E-state index contributed by atoms with van der Waals surface area (Å²) in [4.78, 5) is 27.4. The molecule has 0 radical (unpaired) electrons. The zero-order chi connectivity index (χ0) is 24.6. The maximum absolute atomic E-state index is 12.8. The van der Waals surface area contributed by atoms with Gasteiger partial charge in [-0.05, 0) is 50.1 Å². The highest BCUT2D eigenvalue weighted by Gasteiger charge is 2.40. The fourth-order valence-electron chi connectivity index (χ4n) is 4.19. The maximum Gasteiger partial charge on any atom is 0.416 e. The van der Waals surface area contributed by atoms with Crippen molar-refractivity contribution < 1.29 is 18.0 Å². The molecule has 2 aromatic heterocycles. The minimum Gasteiger partial charge on any atom is -0.346 e. The molecule has 2 N–H and O–H groups in total. The lowest BCUT2D eigenvalue weighted by atomic mass is 9.98. The van der Waals surface area contributed by atoms with E-state index >= 15 is 0 Å². The molecule has 0 saturated carbocycles. The molecule has 1 unspecified atom stereocenters. The van der Waals surface area contributed by atoms with E-state index in [1.54, 1.807) is 27.9 Å². The number of urea groups is 1. The van der Waals surface area contributed by atoms with Gasteiger partial charge in [0.05, 0.1) is 29.7 Å². The van der Waals surface area contributed by atoms with Gasteiger partial charge in [-0.1, -0.05) is 13.8 Å². The Kier molecular flexibility index (Phi) is 6.20. The lowest BCUT2D eigenvalue weighted by molar-refractivity contribution is -0.137. The highest BCUT2D eigenvalue weighted by atomic mass is 19.4. The summed E-state index contributed by atoms with van der Waals surface area (Å²) in [6.45, 7) is 7.96. The smallest absolute Gasteiger partial charge is 0.346 e. The molecule has 2 amide bonds. The van der Waals surface area contributed by atoms with Crippen molar-refractivity contribution in [3.8, 4) is 5.69 Å². The number of benzene rings is 1. The second-order valence-electron chi connectivity index (χ2n) is 8.70. The summed E-state index contributed by atoms with van der Waals surface area (Å²) in [5, 5.41) is 6.12. The Morgan fingerprint density at radius 1 is 1.09 bits per heavy atom. The summed E-state index contributed by atoms with van der Waals surface area (Å²) in [5.74, 6) is 1.07. The first kappa shape index (κ1) is 23.5. The van der Waals surface area contributed by atoms with Gasteiger partial charge in [0.25, 0.3) is 0 Å². The van der Waals surface area contributed by atoms with E-state index in [1.165, 1.54) is 18.5 Å². The van der Waals surface area contributed by atoms with Gasteiger partial charge in [0.15, 0.2) is 0 Å². The van der Waals surface area contributed by atoms with Crippen LogP contribution in [-0.4, -0.2) is 37.6 Å². The summed E-state index contributed by atoms with van der Waals surface area (Å²) in [6, 6.07) is 6.03. The van der Waals surface area contributed by atoms with E-state index < -0.39 is 11.7 Å². The van der Waals surface area contributed by atoms with Crippen molar-refractivity contribution in [2.75, 3.05) is 10.2 Å². The molecule has 1 aliphatic rings. The van der Waals surface area contributed by atoms with E-state index in [-0.39, 0.29) is 30.1 Å². The van der Waals surface area contributed by atoms with Crippen LogP contribution in [0.2, 0.25) is 0 Å². The van der Waals surface area contributed by atoms with Gasteiger partial charge in [0.2, 0.25) is 5.95 Å². The van der Waals surface area contributed by atoms with Crippen LogP contribution in [0, 0.1) is 5.92 Å². The Labute approximate surface area is 195 Å². The third-order valence-corrected chi connectivity index (χ3v) is 5.84. The average Bonchev–Trinajstić information content (AvgIpc) is 3.38. The van der Waals surface area contributed by atoms with Crippen LogP contribution in [0.3, 0.4) is 0 Å². The highest BCUT2D eigenvalue weighted by Crippen LogP contribution is 2.30. The van der Waals surface area contributed by atoms with Crippen LogP contribution in [0.5, 0.6) is 0 Å². The fraction of sp³-hybridized carbons (Fsp3) is 0.391. The first-order valence-corrected chi connectivity index (χ1v) is 11.0. The Morgan fingerprint density at radius 3 is 2.44 bits per heavy atom. The molecule has 4 rings (SSSR count). The predicted molar refractivity (Wildman–Crippen MR) is 122 cm³/mol. The van der Waals surface area contributed by atoms with Crippen molar-refractivity contribution in [3.63, 3.8) is 0 Å². The molecule has 0 aliphatic carbocycles. The Hall–Kier alpha value is -3.63. The predicted octanol–water partition coefficient (Wildman–Crippen LogP) is 4.80. The average molecular weight is 474 g/mol. The van der Waals surface area contributed by atoms with Gasteiger partial charge in [0.1, 0.15) is 5.82 Å². The molecule has 8 nitrogen and oxygen atoms in total. The van der Waals surface area contributed by atoms with Gasteiger partial charge in [-0.15, -0.1) is 0 Å². The van der Waals surface area contributed by atoms with Crippen molar-refractivity contribution >= 4 is 17.8 Å². The van der Waals surface area contributed by atoms with Crippen LogP contribution < -0.4 is 15.5 Å². The van der Waals surface area contributed by atoms with Crippen LogP contribution in [-0.2, 0) is 6.18 Å². The number of carbonyl (C=O) groups is 1. The van der Waals surface area contributed by atoms with Gasteiger partial charge in [-0.3, -0.25) is 4.90 Å². The molecule has 180 valence electrons. The molecule has 0 bridgehead atoms. The molecule has 1 fully saturated rings. The lowest BCUT2D eigenvalue weighted by Crippen LogP contribution is -2.40. The first-order chi connectivity index (χ1) is 16.0. The molecule has 3 heterocycles. The number of alkyl halides is 3. The monoisotopic (exact) mass is 473 g/mol. The number of halogens is 3. The summed E-state index contributed by atoms with van der Waals surface area (Å²) in [7, 11) is 0. The second kappa shape index (κ2) is 8.96. The number of rotatable bonds is 6. The molecule has 3 atom stereocenters. The van der Waals surface area contributed by atoms with E-state index in [0.29, 0.717) is 23.1 Å². The molecule has 3 aromatic rings.